The Morgan fingerprint density at radius 2 is 2.06 bits per heavy atom. The van der Waals surface area contributed by atoms with Crippen molar-refractivity contribution in [3.63, 3.8) is 0 Å². The van der Waals surface area contributed by atoms with Gasteiger partial charge in [-0.25, -0.2) is 0 Å². The third-order valence-corrected chi connectivity index (χ3v) is 3.69. The Bertz CT molecular complexity index is 462. The van der Waals surface area contributed by atoms with E-state index in [9.17, 15) is 9.00 Å². The Kier molecular flexibility index (Phi) is 4.85. The van der Waals surface area contributed by atoms with Gasteiger partial charge < -0.3 is 5.32 Å². The molecule has 90 valence electrons. The minimum Gasteiger partial charge on any atom is -0.351 e. The fourth-order valence-corrected chi connectivity index (χ4v) is 1.47. The number of carbonyl (C=O) groups excluding carboxylic acids is 1. The van der Waals surface area contributed by atoms with Crippen molar-refractivity contribution in [2.45, 2.75) is 12.2 Å². The highest BCUT2D eigenvalue weighted by molar-refractivity contribution is 7.84. The van der Waals surface area contributed by atoms with Gasteiger partial charge >= 0.3 is 0 Å². The third-order valence-electron chi connectivity index (χ3n) is 2.39. The van der Waals surface area contributed by atoms with Crippen LogP contribution in [0.25, 0.3) is 0 Å². The van der Waals surface area contributed by atoms with Crippen LogP contribution in [0.4, 0.5) is 0 Å². The van der Waals surface area contributed by atoms with E-state index < -0.39 is 10.8 Å². The number of hydrogen-bond donors (Lipinski definition) is 1. The van der Waals surface area contributed by atoms with Crippen molar-refractivity contribution in [3.8, 4) is 6.07 Å². The van der Waals surface area contributed by atoms with Gasteiger partial charge in [0.15, 0.2) is 0 Å². The summed E-state index contributed by atoms with van der Waals surface area (Å²) in [5.74, 6) is -0.216. The monoisotopic (exact) mass is 250 g/mol. The predicted molar refractivity (Wildman–Crippen MR) is 67.0 cm³/mol. The Hall–Kier alpha value is -1.67. The van der Waals surface area contributed by atoms with Crippen LogP contribution in [0.3, 0.4) is 0 Å². The first-order valence-electron chi connectivity index (χ1n) is 5.15. The van der Waals surface area contributed by atoms with Crippen LogP contribution < -0.4 is 5.32 Å². The summed E-state index contributed by atoms with van der Waals surface area (Å²) < 4.78 is 11.1. The molecule has 1 N–H and O–H groups in total. The highest BCUT2D eigenvalue weighted by atomic mass is 32.2. The van der Waals surface area contributed by atoms with Crippen LogP contribution in [0.2, 0.25) is 0 Å². The first-order chi connectivity index (χ1) is 8.04. The summed E-state index contributed by atoms with van der Waals surface area (Å²) in [6.45, 7) is 2.19. The molecule has 1 aromatic rings. The smallest absolute Gasteiger partial charge is 0.251 e. The Morgan fingerprint density at radius 3 is 2.53 bits per heavy atom. The van der Waals surface area contributed by atoms with E-state index in [1.165, 1.54) is 0 Å². The second-order valence-corrected chi connectivity index (χ2v) is 5.51. The first-order valence-corrected chi connectivity index (χ1v) is 6.77. The molecular formula is C12H14N2O2S. The van der Waals surface area contributed by atoms with E-state index in [2.05, 4.69) is 5.32 Å². The van der Waals surface area contributed by atoms with E-state index in [0.717, 1.165) is 0 Å². The molecule has 1 rings (SSSR count). The fraction of sp³-hybridized carbons (Fsp3) is 0.333. The van der Waals surface area contributed by atoms with E-state index >= 15 is 0 Å². The second kappa shape index (κ2) is 6.16. The summed E-state index contributed by atoms with van der Waals surface area (Å²) in [6, 6.07) is 8.37. The summed E-state index contributed by atoms with van der Waals surface area (Å²) >= 11 is 0. The first kappa shape index (κ1) is 13.4. The topological polar surface area (TPSA) is 70.0 Å². The molecule has 0 spiro atoms. The minimum atomic E-state index is -0.946. The number of rotatable bonds is 4. The van der Waals surface area contributed by atoms with E-state index in [0.29, 0.717) is 17.7 Å². The molecule has 5 heteroatoms. The summed E-state index contributed by atoms with van der Waals surface area (Å²) in [6.07, 6.45) is 1.61. The lowest BCUT2D eigenvalue weighted by Crippen LogP contribution is -2.32. The maximum atomic E-state index is 11.7. The zero-order valence-corrected chi connectivity index (χ0v) is 10.6. The normalized spacial score (nSPS) is 13.5. The van der Waals surface area contributed by atoms with Gasteiger partial charge in [0, 0.05) is 34.4 Å². The van der Waals surface area contributed by atoms with Crippen molar-refractivity contribution in [3.05, 3.63) is 35.4 Å². The molecule has 0 saturated heterocycles. The highest BCUT2D eigenvalue weighted by Crippen LogP contribution is 2.03. The third kappa shape index (κ3) is 4.00. The van der Waals surface area contributed by atoms with Crippen LogP contribution in [0.1, 0.15) is 22.8 Å². The van der Waals surface area contributed by atoms with Gasteiger partial charge in [0.05, 0.1) is 11.6 Å². The van der Waals surface area contributed by atoms with Crippen molar-refractivity contribution in [2.24, 2.45) is 0 Å². The lowest BCUT2D eigenvalue weighted by atomic mass is 10.1. The number of nitriles is 1. The van der Waals surface area contributed by atoms with E-state index in [1.54, 1.807) is 30.5 Å². The van der Waals surface area contributed by atoms with Gasteiger partial charge in [0.2, 0.25) is 0 Å². The number of nitrogens with one attached hydrogen (secondary N) is 1. The largest absolute Gasteiger partial charge is 0.351 e. The van der Waals surface area contributed by atoms with Crippen LogP contribution >= 0.6 is 0 Å². The number of amides is 1. The van der Waals surface area contributed by atoms with Gasteiger partial charge in [-0.3, -0.25) is 9.00 Å². The highest BCUT2D eigenvalue weighted by Gasteiger charge is 2.09. The Labute approximate surface area is 103 Å². The molecule has 4 nitrogen and oxygen atoms in total. The van der Waals surface area contributed by atoms with Gasteiger partial charge in [-0.1, -0.05) is 0 Å². The molecule has 0 heterocycles. The Balaban J connectivity index is 2.58. The molecule has 2 unspecified atom stereocenters. The second-order valence-electron chi connectivity index (χ2n) is 3.71. The molecule has 1 amide bonds. The molecule has 0 fully saturated rings. The average molecular weight is 250 g/mol. The fourth-order valence-electron chi connectivity index (χ4n) is 1.15. The number of carbonyl (C=O) groups is 1. The van der Waals surface area contributed by atoms with Gasteiger partial charge in [-0.15, -0.1) is 0 Å². The van der Waals surface area contributed by atoms with Crippen LogP contribution in [-0.2, 0) is 10.8 Å². The molecule has 0 aromatic heterocycles. The predicted octanol–water partition coefficient (Wildman–Crippen LogP) is 1.06. The number of benzene rings is 1. The molecule has 0 radical (unpaired) electrons. The van der Waals surface area contributed by atoms with Crippen molar-refractivity contribution in [1.82, 2.24) is 5.32 Å². The SMILES string of the molecule is CC(CNC(=O)c1ccc(C#N)cc1)S(C)=O. The number of nitrogens with zero attached hydrogens (tertiary/aromatic N) is 1. The lowest BCUT2D eigenvalue weighted by molar-refractivity contribution is 0.0954. The maximum Gasteiger partial charge on any atom is 0.251 e. The van der Waals surface area contributed by atoms with Gasteiger partial charge in [0.25, 0.3) is 5.91 Å². The van der Waals surface area contributed by atoms with Gasteiger partial charge in [-0.05, 0) is 31.2 Å². The molecule has 0 bridgehead atoms. The minimum absolute atomic E-state index is 0.0719. The zero-order valence-electron chi connectivity index (χ0n) is 9.77. The van der Waals surface area contributed by atoms with E-state index in [-0.39, 0.29) is 11.2 Å². The molecule has 0 aliphatic heterocycles. The summed E-state index contributed by atoms with van der Waals surface area (Å²) in [5.41, 5.74) is 1.02. The quantitative estimate of drug-likeness (QED) is 0.868. The van der Waals surface area contributed by atoms with Crippen LogP contribution in [0.15, 0.2) is 24.3 Å². The van der Waals surface area contributed by atoms with E-state index in [4.69, 9.17) is 5.26 Å². The van der Waals surface area contributed by atoms with Crippen LogP contribution in [-0.4, -0.2) is 28.2 Å². The number of hydrogen-bond acceptors (Lipinski definition) is 3. The van der Waals surface area contributed by atoms with Crippen molar-refractivity contribution >= 4 is 16.7 Å². The van der Waals surface area contributed by atoms with Gasteiger partial charge in [-0.2, -0.15) is 5.26 Å². The van der Waals surface area contributed by atoms with Crippen LogP contribution in [0, 0.1) is 11.3 Å². The summed E-state index contributed by atoms with van der Waals surface area (Å²) in [4.78, 5) is 11.7. The molecular weight excluding hydrogens is 236 g/mol. The van der Waals surface area contributed by atoms with Crippen LogP contribution in [0.5, 0.6) is 0 Å². The average Bonchev–Trinajstić information content (AvgIpc) is 2.35. The molecule has 2 atom stereocenters. The van der Waals surface area contributed by atoms with Crippen molar-refractivity contribution in [1.29, 1.82) is 5.26 Å². The Morgan fingerprint density at radius 1 is 1.47 bits per heavy atom. The maximum absolute atomic E-state index is 11.7. The molecule has 17 heavy (non-hydrogen) atoms. The standard InChI is InChI=1S/C12H14N2O2S/c1-9(17(2)16)8-14-12(15)11-5-3-10(7-13)4-6-11/h3-6,9H,8H2,1-2H3,(H,14,15). The zero-order chi connectivity index (χ0) is 12.8. The summed E-state index contributed by atoms with van der Waals surface area (Å²) in [7, 11) is -0.946. The molecule has 0 saturated carbocycles. The summed E-state index contributed by atoms with van der Waals surface area (Å²) in [5, 5.41) is 11.3. The lowest BCUT2D eigenvalue weighted by Gasteiger charge is -2.09. The van der Waals surface area contributed by atoms with Gasteiger partial charge in [0.1, 0.15) is 0 Å². The molecule has 0 aliphatic rings. The van der Waals surface area contributed by atoms with Crippen molar-refractivity contribution in [2.75, 3.05) is 12.8 Å². The molecule has 0 aliphatic carbocycles. The molecule has 1 aromatic carbocycles. The van der Waals surface area contributed by atoms with E-state index in [1.807, 2.05) is 13.0 Å². The van der Waals surface area contributed by atoms with Crippen molar-refractivity contribution < 1.29 is 9.00 Å².